The molecule has 3 rings (SSSR count). The summed E-state index contributed by atoms with van der Waals surface area (Å²) in [6.07, 6.45) is -0.916. The van der Waals surface area contributed by atoms with E-state index in [1.807, 2.05) is 52.0 Å². The Kier molecular flexibility index (Phi) is 14.2. The molecule has 0 saturated carbocycles. The Bertz CT molecular complexity index is 1060. The number of nitrogens with one attached hydrogen (secondary N) is 1. The number of ether oxygens (including phenoxy) is 5. The quantitative estimate of drug-likeness (QED) is 0.146. The lowest BCUT2D eigenvalue weighted by molar-refractivity contribution is 0.00161. The van der Waals surface area contributed by atoms with Crippen molar-refractivity contribution in [2.75, 3.05) is 59.4 Å². The average Bonchev–Trinajstić information content (AvgIpc) is 3.83. The molecule has 1 saturated heterocycles. The van der Waals surface area contributed by atoms with Crippen molar-refractivity contribution >= 4 is 14.9 Å². The van der Waals surface area contributed by atoms with E-state index in [1.54, 1.807) is 0 Å². The first-order valence-electron chi connectivity index (χ1n) is 15.3. The van der Waals surface area contributed by atoms with Gasteiger partial charge in [-0.05, 0) is 63.1 Å². The fraction of sp³-hybridized carbons (Fsp3) is 0.594. The van der Waals surface area contributed by atoms with Crippen LogP contribution >= 0.6 is 0 Å². The third-order valence-corrected chi connectivity index (χ3v) is 10.0. The lowest BCUT2D eigenvalue weighted by Crippen LogP contribution is -2.48. The molecule has 2 atom stereocenters. The van der Waals surface area contributed by atoms with Crippen molar-refractivity contribution in [3.8, 4) is 11.5 Å². The Morgan fingerprint density at radius 3 is 1.88 bits per heavy atom. The zero-order valence-electron chi connectivity index (χ0n) is 26.5. The van der Waals surface area contributed by atoms with Gasteiger partial charge < -0.3 is 42.3 Å². The van der Waals surface area contributed by atoms with Crippen LogP contribution in [0.1, 0.15) is 52.7 Å². The first kappa shape index (κ1) is 34.8. The van der Waals surface area contributed by atoms with E-state index in [4.69, 9.17) is 37.0 Å². The number of rotatable bonds is 21. The van der Waals surface area contributed by atoms with Gasteiger partial charge in [0.15, 0.2) is 6.10 Å². The summed E-state index contributed by atoms with van der Waals surface area (Å²) in [4.78, 5) is 12.6. The highest BCUT2D eigenvalue weighted by Gasteiger charge is 2.40. The van der Waals surface area contributed by atoms with Crippen molar-refractivity contribution in [1.29, 1.82) is 0 Å². The molecule has 2 aromatic carbocycles. The fourth-order valence-electron chi connectivity index (χ4n) is 4.52. The number of amides is 1. The maximum atomic E-state index is 12.6. The molecule has 1 N–H and O–H groups in total. The van der Waals surface area contributed by atoms with Crippen LogP contribution < -0.4 is 14.8 Å². The van der Waals surface area contributed by atoms with Gasteiger partial charge in [0, 0.05) is 44.4 Å². The molecule has 2 aromatic rings. The summed E-state index contributed by atoms with van der Waals surface area (Å²) in [5, 5.41) is 2.78. The van der Waals surface area contributed by atoms with Crippen molar-refractivity contribution in [2.24, 2.45) is 0 Å². The number of alkyl carbamates (subject to hydrolysis) is 1. The van der Waals surface area contributed by atoms with E-state index < -0.39 is 21.0 Å². The van der Waals surface area contributed by atoms with Crippen molar-refractivity contribution in [3.63, 3.8) is 0 Å². The number of epoxide rings is 1. The van der Waals surface area contributed by atoms with Gasteiger partial charge in [0.05, 0.1) is 13.2 Å². The van der Waals surface area contributed by atoms with Crippen molar-refractivity contribution in [1.82, 2.24) is 5.32 Å². The smallest absolute Gasteiger partial charge is 0.491 e. The molecule has 1 fully saturated rings. The summed E-state index contributed by atoms with van der Waals surface area (Å²) < 4.78 is 45.7. The van der Waals surface area contributed by atoms with Gasteiger partial charge in [0.25, 0.3) is 0 Å². The summed E-state index contributed by atoms with van der Waals surface area (Å²) in [7, 11) is -2.86. The van der Waals surface area contributed by atoms with Crippen LogP contribution in [0.3, 0.4) is 0 Å². The average molecular weight is 620 g/mol. The van der Waals surface area contributed by atoms with Crippen LogP contribution in [0.4, 0.5) is 4.79 Å². The van der Waals surface area contributed by atoms with E-state index in [0.29, 0.717) is 51.4 Å². The standard InChI is InChI=1S/C32H49NO9Si/c1-7-35-21-30(42-31(34)33-19-20-43(39-8-2,40-9-3)41-10-4)24-37-28-17-13-26(14-18-28)32(5,6)25-11-15-27(16-12-25)36-22-29-23-38-29/h11-18,29-30H,7-10,19-24H2,1-6H3,(H,33,34). The minimum absolute atomic E-state index is 0.152. The van der Waals surface area contributed by atoms with Crippen LogP contribution in [-0.4, -0.2) is 86.5 Å². The van der Waals surface area contributed by atoms with Crippen LogP contribution in [0, 0.1) is 0 Å². The van der Waals surface area contributed by atoms with Gasteiger partial charge in [0.1, 0.15) is 30.8 Å². The van der Waals surface area contributed by atoms with Crippen LogP contribution in [0.2, 0.25) is 6.04 Å². The maximum absolute atomic E-state index is 12.6. The van der Waals surface area contributed by atoms with E-state index in [-0.39, 0.29) is 24.7 Å². The first-order valence-corrected chi connectivity index (χ1v) is 17.2. The van der Waals surface area contributed by atoms with Crippen LogP contribution in [0.15, 0.2) is 48.5 Å². The van der Waals surface area contributed by atoms with Gasteiger partial charge in [-0.3, -0.25) is 0 Å². The molecule has 2 unspecified atom stereocenters. The molecule has 1 amide bonds. The number of benzene rings is 2. The molecular weight excluding hydrogens is 570 g/mol. The Labute approximate surface area is 257 Å². The van der Waals surface area contributed by atoms with Gasteiger partial charge in [-0.25, -0.2) is 4.79 Å². The highest BCUT2D eigenvalue weighted by molar-refractivity contribution is 6.60. The molecule has 0 bridgehead atoms. The zero-order valence-corrected chi connectivity index (χ0v) is 27.5. The van der Waals surface area contributed by atoms with Crippen molar-refractivity contribution in [3.05, 3.63) is 59.7 Å². The second-order valence-electron chi connectivity index (χ2n) is 10.6. The topological polar surface area (TPSA) is 106 Å². The van der Waals surface area contributed by atoms with Crippen LogP contribution in [0.25, 0.3) is 0 Å². The van der Waals surface area contributed by atoms with E-state index in [9.17, 15) is 4.79 Å². The van der Waals surface area contributed by atoms with Crippen molar-refractivity contribution < 1.29 is 41.8 Å². The van der Waals surface area contributed by atoms with Gasteiger partial charge in [0.2, 0.25) is 0 Å². The highest BCUT2D eigenvalue weighted by Crippen LogP contribution is 2.33. The molecule has 1 aliphatic rings. The summed E-state index contributed by atoms with van der Waals surface area (Å²) in [5.74, 6) is 1.52. The molecule has 11 heteroatoms. The second-order valence-corrected chi connectivity index (χ2v) is 13.3. The SMILES string of the molecule is CCOCC(COc1ccc(C(C)(C)c2ccc(OCC3CO3)cc2)cc1)OC(=O)NCC[Si](OCC)(OCC)OCC. The van der Waals surface area contributed by atoms with Crippen LogP contribution in [-0.2, 0) is 32.9 Å². The normalized spacial score (nSPS) is 15.5. The number of hydrogen-bond acceptors (Lipinski definition) is 9. The number of carbonyl (C=O) groups excluding carboxylic acids is 1. The fourth-order valence-corrected chi connectivity index (χ4v) is 6.96. The molecule has 1 heterocycles. The Hall–Kier alpha value is -2.67. The largest absolute Gasteiger partial charge is 0.502 e. The second kappa shape index (κ2) is 17.6. The molecule has 0 aliphatic carbocycles. The third-order valence-electron chi connectivity index (χ3n) is 7.00. The zero-order chi connectivity index (χ0) is 31.1. The Morgan fingerprint density at radius 2 is 1.40 bits per heavy atom. The van der Waals surface area contributed by atoms with Gasteiger partial charge in [-0.15, -0.1) is 0 Å². The van der Waals surface area contributed by atoms with E-state index >= 15 is 0 Å². The minimum atomic E-state index is -2.86. The van der Waals surface area contributed by atoms with Crippen LogP contribution in [0.5, 0.6) is 11.5 Å². The lowest BCUT2D eigenvalue weighted by Gasteiger charge is -2.28. The van der Waals surface area contributed by atoms with Gasteiger partial charge in [-0.1, -0.05) is 38.1 Å². The maximum Gasteiger partial charge on any atom is 0.502 e. The molecule has 43 heavy (non-hydrogen) atoms. The molecule has 0 radical (unpaired) electrons. The molecule has 0 spiro atoms. The number of hydrogen-bond donors (Lipinski definition) is 1. The van der Waals surface area contributed by atoms with E-state index in [0.717, 1.165) is 17.9 Å². The molecule has 0 aromatic heterocycles. The summed E-state index contributed by atoms with van der Waals surface area (Å²) in [5.41, 5.74) is 2.10. The van der Waals surface area contributed by atoms with E-state index in [2.05, 4.69) is 43.4 Å². The monoisotopic (exact) mass is 619 g/mol. The van der Waals surface area contributed by atoms with Gasteiger partial charge in [-0.2, -0.15) is 0 Å². The molecular formula is C32H49NO9Si. The Morgan fingerprint density at radius 1 is 0.860 bits per heavy atom. The molecule has 240 valence electrons. The Balaban J connectivity index is 1.51. The summed E-state index contributed by atoms with van der Waals surface area (Å²) >= 11 is 0. The highest BCUT2D eigenvalue weighted by atomic mass is 28.4. The van der Waals surface area contributed by atoms with Crippen molar-refractivity contribution in [2.45, 2.75) is 65.2 Å². The van der Waals surface area contributed by atoms with Gasteiger partial charge >= 0.3 is 14.9 Å². The third kappa shape index (κ3) is 11.4. The summed E-state index contributed by atoms with van der Waals surface area (Å²) in [6, 6.07) is 16.6. The molecule has 10 nitrogen and oxygen atoms in total. The predicted molar refractivity (Wildman–Crippen MR) is 166 cm³/mol. The molecule has 1 aliphatic heterocycles. The lowest BCUT2D eigenvalue weighted by atomic mass is 9.78. The first-order chi connectivity index (χ1) is 20.7. The predicted octanol–water partition coefficient (Wildman–Crippen LogP) is 5.35. The summed E-state index contributed by atoms with van der Waals surface area (Å²) in [6.45, 7) is 15.9. The van der Waals surface area contributed by atoms with E-state index in [1.165, 1.54) is 5.56 Å². The number of carbonyl (C=O) groups is 1. The minimum Gasteiger partial charge on any atom is -0.491 e.